The van der Waals surface area contributed by atoms with Crippen molar-refractivity contribution in [3.8, 4) is 11.8 Å². The van der Waals surface area contributed by atoms with Crippen molar-refractivity contribution in [3.05, 3.63) is 23.7 Å². The summed E-state index contributed by atoms with van der Waals surface area (Å²) < 4.78 is 5.46. The average molecular weight is 270 g/mol. The fourth-order valence-corrected chi connectivity index (χ4v) is 5.16. The molecule has 4 saturated carbocycles. The summed E-state index contributed by atoms with van der Waals surface area (Å²) in [6.45, 7) is 1.89. The molecule has 4 aliphatic rings. The smallest absolute Gasteiger partial charge is 0.172 e. The highest BCUT2D eigenvalue weighted by molar-refractivity contribution is 5.24. The molecule has 0 saturated heterocycles. The second kappa shape index (κ2) is 4.40. The zero-order chi connectivity index (χ0) is 13.7. The highest BCUT2D eigenvalue weighted by Gasteiger charge is 2.50. The third-order valence-electron chi connectivity index (χ3n) is 5.54. The second-order valence-electron chi connectivity index (χ2n) is 7.32. The number of furan rings is 1. The van der Waals surface area contributed by atoms with Crippen molar-refractivity contribution in [2.45, 2.75) is 51.6 Å². The minimum atomic E-state index is -0.767. The summed E-state index contributed by atoms with van der Waals surface area (Å²) in [7, 11) is 0. The largest absolute Gasteiger partial charge is 0.463 e. The molecule has 4 fully saturated rings. The van der Waals surface area contributed by atoms with Crippen LogP contribution in [0.3, 0.4) is 0 Å². The lowest BCUT2D eigenvalue weighted by Gasteiger charge is -2.54. The summed E-state index contributed by atoms with van der Waals surface area (Å²) in [5.74, 6) is 10.7. The second-order valence-corrected chi connectivity index (χ2v) is 7.32. The van der Waals surface area contributed by atoms with Gasteiger partial charge in [-0.2, -0.15) is 0 Å². The van der Waals surface area contributed by atoms with E-state index in [1.807, 2.05) is 19.1 Å². The topological polar surface area (TPSA) is 33.4 Å². The lowest BCUT2D eigenvalue weighted by atomic mass is 9.50. The fourth-order valence-electron chi connectivity index (χ4n) is 5.16. The Morgan fingerprint density at radius 2 is 1.75 bits per heavy atom. The Labute approximate surface area is 120 Å². The predicted molar refractivity (Wildman–Crippen MR) is 76.8 cm³/mol. The van der Waals surface area contributed by atoms with Gasteiger partial charge < -0.3 is 9.52 Å². The Kier molecular flexibility index (Phi) is 2.76. The summed E-state index contributed by atoms with van der Waals surface area (Å²) in [5.41, 5.74) is 0.206. The predicted octanol–water partition coefficient (Wildman–Crippen LogP) is 3.84. The minimum Gasteiger partial charge on any atom is -0.463 e. The number of hydrogen-bond acceptors (Lipinski definition) is 2. The Morgan fingerprint density at radius 1 is 1.15 bits per heavy atom. The van der Waals surface area contributed by atoms with E-state index in [-0.39, 0.29) is 5.41 Å². The maximum absolute atomic E-state index is 10.2. The Balaban J connectivity index is 1.55. The Hall–Kier alpha value is -1.20. The molecule has 1 heterocycles. The van der Waals surface area contributed by atoms with Crippen LogP contribution in [0.25, 0.3) is 0 Å². The van der Waals surface area contributed by atoms with Crippen LogP contribution in [0, 0.1) is 41.9 Å². The highest BCUT2D eigenvalue weighted by Crippen LogP contribution is 2.59. The van der Waals surface area contributed by atoms with E-state index in [2.05, 4.69) is 11.8 Å². The fraction of sp³-hybridized carbons (Fsp3) is 0.667. The molecule has 1 aromatic heterocycles. The van der Waals surface area contributed by atoms with Crippen molar-refractivity contribution in [1.82, 2.24) is 0 Å². The summed E-state index contributed by atoms with van der Waals surface area (Å²) in [4.78, 5) is 0. The SMILES string of the molecule is Cc1ccc([C@H](O)C#CC23CC4CC(CC(C4)C2)C3)o1. The molecule has 20 heavy (non-hydrogen) atoms. The third kappa shape index (κ3) is 2.09. The van der Waals surface area contributed by atoms with Gasteiger partial charge in [-0.25, -0.2) is 0 Å². The molecule has 0 spiro atoms. The van der Waals surface area contributed by atoms with Crippen LogP contribution in [0.1, 0.15) is 56.1 Å². The van der Waals surface area contributed by atoms with Crippen molar-refractivity contribution in [3.63, 3.8) is 0 Å². The average Bonchev–Trinajstić information content (AvgIpc) is 2.81. The number of hydrogen-bond donors (Lipinski definition) is 1. The van der Waals surface area contributed by atoms with E-state index in [1.165, 1.54) is 38.5 Å². The first-order valence-electron chi connectivity index (χ1n) is 7.89. The first kappa shape index (κ1) is 12.5. The van der Waals surface area contributed by atoms with Gasteiger partial charge in [-0.05, 0) is 75.3 Å². The van der Waals surface area contributed by atoms with E-state index in [0.29, 0.717) is 5.76 Å². The van der Waals surface area contributed by atoms with Crippen LogP contribution in [-0.4, -0.2) is 5.11 Å². The number of aryl methyl sites for hydroxylation is 1. The van der Waals surface area contributed by atoms with E-state index in [1.54, 1.807) is 0 Å². The summed E-state index contributed by atoms with van der Waals surface area (Å²) in [6.07, 6.45) is 7.31. The van der Waals surface area contributed by atoms with Crippen LogP contribution < -0.4 is 0 Å². The van der Waals surface area contributed by atoms with Gasteiger partial charge in [0.2, 0.25) is 0 Å². The molecule has 4 aliphatic carbocycles. The molecular weight excluding hydrogens is 248 g/mol. The van der Waals surface area contributed by atoms with Crippen LogP contribution in [-0.2, 0) is 0 Å². The quantitative estimate of drug-likeness (QED) is 0.787. The van der Waals surface area contributed by atoms with Crippen LogP contribution >= 0.6 is 0 Å². The van der Waals surface area contributed by atoms with Crippen molar-refractivity contribution < 1.29 is 9.52 Å². The zero-order valence-corrected chi connectivity index (χ0v) is 12.1. The molecular formula is C18H22O2. The zero-order valence-electron chi connectivity index (χ0n) is 12.1. The molecule has 0 aromatic carbocycles. The summed E-state index contributed by atoms with van der Waals surface area (Å²) in [5, 5.41) is 10.2. The number of aliphatic hydroxyl groups excluding tert-OH is 1. The normalized spacial score (nSPS) is 39.4. The van der Waals surface area contributed by atoms with Gasteiger partial charge in [0.25, 0.3) is 0 Å². The summed E-state index contributed by atoms with van der Waals surface area (Å²) >= 11 is 0. The minimum absolute atomic E-state index is 0.206. The maximum Gasteiger partial charge on any atom is 0.172 e. The highest BCUT2D eigenvalue weighted by atomic mass is 16.4. The first-order chi connectivity index (χ1) is 9.62. The van der Waals surface area contributed by atoms with Gasteiger partial charge in [-0.1, -0.05) is 11.8 Å². The Morgan fingerprint density at radius 3 is 2.25 bits per heavy atom. The number of aliphatic hydroxyl groups is 1. The molecule has 0 radical (unpaired) electrons. The van der Waals surface area contributed by atoms with Gasteiger partial charge in [0.05, 0.1) is 0 Å². The van der Waals surface area contributed by atoms with Crippen molar-refractivity contribution in [2.75, 3.05) is 0 Å². The lowest BCUT2D eigenvalue weighted by molar-refractivity contribution is -0.0183. The van der Waals surface area contributed by atoms with Gasteiger partial charge in [0.15, 0.2) is 6.10 Å². The summed E-state index contributed by atoms with van der Waals surface area (Å²) in [6, 6.07) is 3.71. The van der Waals surface area contributed by atoms with Crippen LogP contribution in [0.15, 0.2) is 16.5 Å². The standard InChI is InChI=1S/C18H22O2/c1-12-2-3-17(20-12)16(19)4-5-18-9-13-6-14(10-18)8-15(7-13)11-18/h2-3,13-16,19H,6-11H2,1H3/t13?,14?,15?,16-,18?/m1/s1. The molecule has 1 N–H and O–H groups in total. The third-order valence-corrected chi connectivity index (χ3v) is 5.54. The van der Waals surface area contributed by atoms with Crippen LogP contribution in [0.5, 0.6) is 0 Å². The van der Waals surface area contributed by atoms with Crippen LogP contribution in [0.4, 0.5) is 0 Å². The van der Waals surface area contributed by atoms with Crippen molar-refractivity contribution in [2.24, 2.45) is 23.2 Å². The molecule has 1 aromatic rings. The molecule has 0 unspecified atom stereocenters. The molecule has 106 valence electrons. The Bertz CT molecular complexity index is 536. The molecule has 1 atom stereocenters. The van der Waals surface area contributed by atoms with Gasteiger partial charge in [0, 0.05) is 5.41 Å². The molecule has 4 bridgehead atoms. The van der Waals surface area contributed by atoms with E-state index in [0.717, 1.165) is 23.5 Å². The molecule has 2 nitrogen and oxygen atoms in total. The van der Waals surface area contributed by atoms with Crippen LogP contribution in [0.2, 0.25) is 0 Å². The van der Waals surface area contributed by atoms with Gasteiger partial charge in [0.1, 0.15) is 11.5 Å². The van der Waals surface area contributed by atoms with E-state index in [9.17, 15) is 5.11 Å². The lowest BCUT2D eigenvalue weighted by Crippen LogP contribution is -2.45. The molecule has 5 rings (SSSR count). The maximum atomic E-state index is 10.2. The first-order valence-corrected chi connectivity index (χ1v) is 7.89. The van der Waals surface area contributed by atoms with Gasteiger partial charge in [-0.3, -0.25) is 0 Å². The van der Waals surface area contributed by atoms with E-state index in [4.69, 9.17) is 4.42 Å². The number of rotatable bonds is 1. The van der Waals surface area contributed by atoms with Crippen molar-refractivity contribution >= 4 is 0 Å². The van der Waals surface area contributed by atoms with Gasteiger partial charge in [-0.15, -0.1) is 0 Å². The van der Waals surface area contributed by atoms with E-state index < -0.39 is 6.10 Å². The van der Waals surface area contributed by atoms with E-state index >= 15 is 0 Å². The molecule has 0 amide bonds. The van der Waals surface area contributed by atoms with Crippen molar-refractivity contribution in [1.29, 1.82) is 0 Å². The molecule has 2 heteroatoms. The van der Waals surface area contributed by atoms with Gasteiger partial charge >= 0.3 is 0 Å². The monoisotopic (exact) mass is 270 g/mol. The molecule has 0 aliphatic heterocycles.